The Morgan fingerprint density at radius 1 is 1.33 bits per heavy atom. The van der Waals surface area contributed by atoms with Crippen molar-refractivity contribution in [2.45, 2.75) is 26.4 Å². The van der Waals surface area contributed by atoms with Crippen molar-refractivity contribution >= 4 is 17.6 Å². The number of carbonyl (C=O) groups excluding carboxylic acids is 1. The number of hydrogen-bond acceptors (Lipinski definition) is 4. The van der Waals surface area contributed by atoms with Crippen molar-refractivity contribution in [3.63, 3.8) is 0 Å². The van der Waals surface area contributed by atoms with Gasteiger partial charge in [0.15, 0.2) is 6.10 Å². The van der Waals surface area contributed by atoms with Gasteiger partial charge >= 0.3 is 5.97 Å². The minimum Gasteiger partial charge on any atom is -0.483 e. The fraction of sp³-hybridized carbons (Fsp3) is 0.312. The average molecular weight is 309 g/mol. The third-order valence-electron chi connectivity index (χ3n) is 3.12. The van der Waals surface area contributed by atoms with Crippen LogP contribution in [0.1, 0.15) is 41.8 Å². The van der Waals surface area contributed by atoms with Gasteiger partial charge in [0.2, 0.25) is 5.76 Å². The van der Waals surface area contributed by atoms with E-state index in [0.717, 1.165) is 17.0 Å². The van der Waals surface area contributed by atoms with Crippen LogP contribution in [0.5, 0.6) is 5.75 Å². The first kappa shape index (κ1) is 15.4. The number of benzene rings is 1. The highest BCUT2D eigenvalue weighted by Crippen LogP contribution is 2.27. The molecule has 0 fully saturated rings. The number of carbonyl (C=O) groups is 1. The van der Waals surface area contributed by atoms with Crippen LogP contribution in [0.2, 0.25) is 5.02 Å². The molecule has 1 aromatic heterocycles. The summed E-state index contributed by atoms with van der Waals surface area (Å²) in [5.74, 6) is 0.921. The van der Waals surface area contributed by atoms with Gasteiger partial charge in [0.05, 0.1) is 7.11 Å². The lowest BCUT2D eigenvalue weighted by atomic mass is 10.1. The normalized spacial score (nSPS) is 12.0. The Morgan fingerprint density at radius 2 is 2.10 bits per heavy atom. The molecule has 0 aliphatic carbocycles. The van der Waals surface area contributed by atoms with Crippen molar-refractivity contribution in [2.24, 2.45) is 0 Å². The van der Waals surface area contributed by atoms with E-state index in [1.807, 2.05) is 32.0 Å². The van der Waals surface area contributed by atoms with E-state index in [4.69, 9.17) is 20.8 Å². The summed E-state index contributed by atoms with van der Waals surface area (Å²) in [5, 5.41) is 0.725. The molecule has 0 spiro atoms. The maximum atomic E-state index is 11.4. The molecule has 112 valence electrons. The molecule has 0 bridgehead atoms. The fourth-order valence-electron chi connectivity index (χ4n) is 1.94. The van der Waals surface area contributed by atoms with E-state index in [2.05, 4.69) is 4.74 Å². The minimum absolute atomic E-state index is 0.160. The second-order valence-corrected chi connectivity index (χ2v) is 4.97. The number of aryl methyl sites for hydroxylation is 1. The van der Waals surface area contributed by atoms with E-state index in [-0.39, 0.29) is 11.9 Å². The van der Waals surface area contributed by atoms with Gasteiger partial charge in [-0.05, 0) is 49.2 Å². The third kappa shape index (κ3) is 3.58. The Bertz CT molecular complexity index is 633. The lowest BCUT2D eigenvalue weighted by Gasteiger charge is -2.13. The molecule has 2 aromatic rings. The summed E-state index contributed by atoms with van der Waals surface area (Å²) in [6.07, 6.45) is 0.506. The van der Waals surface area contributed by atoms with Gasteiger partial charge < -0.3 is 13.9 Å². The van der Waals surface area contributed by atoms with Gasteiger partial charge in [-0.3, -0.25) is 0 Å². The number of esters is 1. The molecule has 0 amide bonds. The monoisotopic (exact) mass is 308 g/mol. The van der Waals surface area contributed by atoms with Crippen molar-refractivity contribution in [3.8, 4) is 5.75 Å². The number of furan rings is 1. The summed E-state index contributed by atoms with van der Waals surface area (Å²) < 4.78 is 15.8. The van der Waals surface area contributed by atoms with E-state index in [1.54, 1.807) is 12.1 Å². The Labute approximate surface area is 128 Å². The highest BCUT2D eigenvalue weighted by molar-refractivity contribution is 6.31. The number of halogens is 1. The molecule has 0 saturated carbocycles. The van der Waals surface area contributed by atoms with Crippen molar-refractivity contribution in [3.05, 3.63) is 52.4 Å². The SMILES string of the molecule is CCc1cc(OC(C)c2ccc(C(=O)OC)o2)ccc1Cl. The Balaban J connectivity index is 2.12. The highest BCUT2D eigenvalue weighted by atomic mass is 35.5. The molecule has 0 aliphatic rings. The molecule has 0 N–H and O–H groups in total. The lowest BCUT2D eigenvalue weighted by molar-refractivity contribution is 0.0558. The molecule has 5 heteroatoms. The second kappa shape index (κ2) is 6.68. The van der Waals surface area contributed by atoms with Crippen molar-refractivity contribution in [2.75, 3.05) is 7.11 Å². The molecule has 0 aliphatic heterocycles. The van der Waals surface area contributed by atoms with Crippen LogP contribution in [0.15, 0.2) is 34.7 Å². The van der Waals surface area contributed by atoms with Crippen LogP contribution in [-0.2, 0) is 11.2 Å². The van der Waals surface area contributed by atoms with Crippen LogP contribution < -0.4 is 4.74 Å². The maximum absolute atomic E-state index is 11.4. The van der Waals surface area contributed by atoms with Crippen LogP contribution in [0.25, 0.3) is 0 Å². The molecule has 2 rings (SSSR count). The van der Waals surface area contributed by atoms with E-state index in [0.29, 0.717) is 11.5 Å². The molecule has 4 nitrogen and oxygen atoms in total. The molecule has 0 saturated heterocycles. The Kier molecular flexibility index (Phi) is 4.91. The summed E-state index contributed by atoms with van der Waals surface area (Å²) in [4.78, 5) is 11.4. The van der Waals surface area contributed by atoms with Gasteiger partial charge in [0.25, 0.3) is 0 Å². The molecule has 1 atom stereocenters. The zero-order valence-electron chi connectivity index (χ0n) is 12.2. The summed E-state index contributed by atoms with van der Waals surface area (Å²) in [6.45, 7) is 3.88. The molecule has 0 radical (unpaired) electrons. The van der Waals surface area contributed by atoms with E-state index < -0.39 is 5.97 Å². The zero-order valence-corrected chi connectivity index (χ0v) is 12.9. The van der Waals surface area contributed by atoms with E-state index >= 15 is 0 Å². The Morgan fingerprint density at radius 3 is 2.76 bits per heavy atom. The van der Waals surface area contributed by atoms with E-state index in [9.17, 15) is 4.79 Å². The molecule has 1 heterocycles. The van der Waals surface area contributed by atoms with Crippen molar-refractivity contribution < 1.29 is 18.7 Å². The summed E-state index contributed by atoms with van der Waals surface area (Å²) in [5.41, 5.74) is 1.02. The number of hydrogen-bond donors (Lipinski definition) is 0. The second-order valence-electron chi connectivity index (χ2n) is 4.56. The van der Waals surface area contributed by atoms with Gasteiger partial charge in [-0.2, -0.15) is 0 Å². The van der Waals surface area contributed by atoms with Crippen LogP contribution in [0.3, 0.4) is 0 Å². The number of methoxy groups -OCH3 is 1. The maximum Gasteiger partial charge on any atom is 0.373 e. The predicted molar refractivity (Wildman–Crippen MR) is 79.9 cm³/mol. The first-order chi connectivity index (χ1) is 10.0. The summed E-state index contributed by atoms with van der Waals surface area (Å²) in [7, 11) is 1.31. The largest absolute Gasteiger partial charge is 0.483 e. The standard InChI is InChI=1S/C16H17ClO4/c1-4-11-9-12(5-6-13(11)17)20-10(2)14-7-8-15(21-14)16(18)19-3/h5-10H,4H2,1-3H3. The van der Waals surface area contributed by atoms with Gasteiger partial charge in [-0.1, -0.05) is 18.5 Å². The van der Waals surface area contributed by atoms with E-state index in [1.165, 1.54) is 7.11 Å². The first-order valence-electron chi connectivity index (χ1n) is 6.68. The molecule has 21 heavy (non-hydrogen) atoms. The van der Waals surface area contributed by atoms with Gasteiger partial charge in [-0.15, -0.1) is 0 Å². The highest BCUT2D eigenvalue weighted by Gasteiger charge is 2.16. The summed E-state index contributed by atoms with van der Waals surface area (Å²) in [6, 6.07) is 8.80. The lowest BCUT2D eigenvalue weighted by Crippen LogP contribution is -2.03. The third-order valence-corrected chi connectivity index (χ3v) is 3.49. The minimum atomic E-state index is -0.506. The predicted octanol–water partition coefficient (Wildman–Crippen LogP) is 4.42. The van der Waals surface area contributed by atoms with Crippen LogP contribution >= 0.6 is 11.6 Å². The smallest absolute Gasteiger partial charge is 0.373 e. The van der Waals surface area contributed by atoms with Crippen LogP contribution in [0, 0.1) is 0 Å². The molecule has 1 aromatic carbocycles. The summed E-state index contributed by atoms with van der Waals surface area (Å²) >= 11 is 6.08. The average Bonchev–Trinajstić information content (AvgIpc) is 2.98. The molecule has 1 unspecified atom stereocenters. The topological polar surface area (TPSA) is 48.7 Å². The van der Waals surface area contributed by atoms with Crippen molar-refractivity contribution in [1.29, 1.82) is 0 Å². The first-order valence-corrected chi connectivity index (χ1v) is 7.06. The van der Waals surface area contributed by atoms with Crippen molar-refractivity contribution in [1.82, 2.24) is 0 Å². The number of rotatable bonds is 5. The zero-order chi connectivity index (χ0) is 15.4. The molecular formula is C16H17ClO4. The van der Waals surface area contributed by atoms with Gasteiger partial charge in [0.1, 0.15) is 11.5 Å². The van der Waals surface area contributed by atoms with Crippen LogP contribution in [0.4, 0.5) is 0 Å². The van der Waals surface area contributed by atoms with Gasteiger partial charge in [0, 0.05) is 5.02 Å². The fourth-order valence-corrected chi connectivity index (χ4v) is 2.19. The quantitative estimate of drug-likeness (QED) is 0.767. The Hall–Kier alpha value is -1.94. The molecular weight excluding hydrogens is 292 g/mol. The van der Waals surface area contributed by atoms with Crippen LogP contribution in [-0.4, -0.2) is 13.1 Å². The number of ether oxygens (including phenoxy) is 2. The van der Waals surface area contributed by atoms with Gasteiger partial charge in [-0.25, -0.2) is 4.79 Å².